The Morgan fingerprint density at radius 3 is 2.94 bits per heavy atom. The Morgan fingerprint density at radius 2 is 2.35 bits per heavy atom. The van der Waals surface area contributed by atoms with E-state index in [0.29, 0.717) is 24.1 Å². The number of anilines is 1. The highest BCUT2D eigenvalue weighted by atomic mass is 32.2. The largest absolute Gasteiger partial charge is 0.355 e. The Balaban J connectivity index is 1.92. The van der Waals surface area contributed by atoms with Gasteiger partial charge in [0.1, 0.15) is 0 Å². The van der Waals surface area contributed by atoms with E-state index < -0.39 is 9.84 Å². The lowest BCUT2D eigenvalue weighted by Crippen LogP contribution is -2.18. The van der Waals surface area contributed by atoms with Crippen molar-refractivity contribution in [3.8, 4) is 0 Å². The third-order valence-corrected chi connectivity index (χ3v) is 4.94. The molecule has 1 unspecified atom stereocenters. The highest BCUT2D eigenvalue weighted by molar-refractivity contribution is 7.91. The van der Waals surface area contributed by atoms with E-state index in [2.05, 4.69) is 24.1 Å². The topological polar surface area (TPSA) is 64.0 Å². The first-order valence-electron chi connectivity index (χ1n) is 5.95. The molecule has 0 bridgehead atoms. The van der Waals surface area contributed by atoms with E-state index >= 15 is 0 Å². The summed E-state index contributed by atoms with van der Waals surface area (Å²) in [7, 11) is -2.78. The monoisotopic (exact) mass is 257 g/mol. The lowest BCUT2D eigenvalue weighted by molar-refractivity contribution is 0.583. The van der Waals surface area contributed by atoms with Gasteiger partial charge in [0.05, 0.1) is 11.5 Å². The zero-order chi connectivity index (χ0) is 12.5. The van der Waals surface area contributed by atoms with Gasteiger partial charge in [-0.15, -0.1) is 0 Å². The van der Waals surface area contributed by atoms with Gasteiger partial charge in [0, 0.05) is 25.0 Å². The van der Waals surface area contributed by atoms with Crippen LogP contribution < -0.4 is 5.32 Å². The molecule has 17 heavy (non-hydrogen) atoms. The average molecular weight is 257 g/mol. The van der Waals surface area contributed by atoms with Crippen molar-refractivity contribution in [2.24, 2.45) is 5.92 Å². The molecule has 0 aliphatic carbocycles. The smallest absolute Gasteiger partial charge is 0.203 e. The summed E-state index contributed by atoms with van der Waals surface area (Å²) in [4.78, 5) is 4.24. The zero-order valence-electron chi connectivity index (χ0n) is 10.3. The fraction of sp³-hybridized carbons (Fsp3) is 0.727. The van der Waals surface area contributed by atoms with Gasteiger partial charge in [-0.2, -0.15) is 0 Å². The maximum atomic E-state index is 11.3. The van der Waals surface area contributed by atoms with Crippen LogP contribution in [0, 0.1) is 5.92 Å². The molecule has 6 heteroatoms. The molecule has 1 N–H and O–H groups in total. The lowest BCUT2D eigenvalue weighted by Gasteiger charge is -2.14. The van der Waals surface area contributed by atoms with Crippen molar-refractivity contribution in [1.29, 1.82) is 0 Å². The van der Waals surface area contributed by atoms with Crippen LogP contribution in [0.3, 0.4) is 0 Å². The highest BCUT2D eigenvalue weighted by Gasteiger charge is 2.27. The number of hydrogen-bond donors (Lipinski definition) is 1. The molecule has 2 heterocycles. The van der Waals surface area contributed by atoms with Gasteiger partial charge in [-0.05, 0) is 26.2 Å². The van der Waals surface area contributed by atoms with E-state index in [9.17, 15) is 8.42 Å². The van der Waals surface area contributed by atoms with Crippen LogP contribution in [0.2, 0.25) is 0 Å². The lowest BCUT2D eigenvalue weighted by atomic mass is 10.1. The van der Waals surface area contributed by atoms with E-state index in [1.165, 1.54) is 0 Å². The summed E-state index contributed by atoms with van der Waals surface area (Å²) in [5.41, 5.74) is 0. The van der Waals surface area contributed by atoms with E-state index in [-0.39, 0.29) is 5.92 Å². The summed E-state index contributed by atoms with van der Waals surface area (Å²) in [5.74, 6) is 1.68. The van der Waals surface area contributed by atoms with E-state index in [0.717, 1.165) is 12.4 Å². The van der Waals surface area contributed by atoms with Crippen molar-refractivity contribution in [3.63, 3.8) is 0 Å². The van der Waals surface area contributed by atoms with Gasteiger partial charge >= 0.3 is 0 Å². The molecule has 2 rings (SSSR count). The van der Waals surface area contributed by atoms with Crippen molar-refractivity contribution < 1.29 is 8.42 Å². The molecule has 0 saturated carbocycles. The molecule has 1 aromatic heterocycles. The molecule has 1 aromatic rings. The normalized spacial score (nSPS) is 23.1. The van der Waals surface area contributed by atoms with Crippen molar-refractivity contribution in [2.75, 3.05) is 23.4 Å². The summed E-state index contributed by atoms with van der Waals surface area (Å²) < 4.78 is 24.7. The molecule has 1 fully saturated rings. The van der Waals surface area contributed by atoms with Gasteiger partial charge in [-0.1, -0.05) is 0 Å². The standard InChI is InChI=1S/C11H19N3O2S/c1-9(2)14-5-4-12-11(14)13-7-10-3-6-17(15,16)8-10/h4-5,9-10H,3,6-8H2,1-2H3,(H,12,13). The van der Waals surface area contributed by atoms with Crippen LogP contribution in [0.5, 0.6) is 0 Å². The maximum Gasteiger partial charge on any atom is 0.203 e. The number of sulfone groups is 1. The Labute approximate surface area is 102 Å². The first-order chi connectivity index (χ1) is 7.98. The maximum absolute atomic E-state index is 11.3. The highest BCUT2D eigenvalue weighted by Crippen LogP contribution is 2.19. The minimum Gasteiger partial charge on any atom is -0.355 e. The van der Waals surface area contributed by atoms with Gasteiger partial charge in [-0.25, -0.2) is 13.4 Å². The second kappa shape index (κ2) is 4.68. The fourth-order valence-corrected chi connectivity index (χ4v) is 4.00. The number of aromatic nitrogens is 2. The zero-order valence-corrected chi connectivity index (χ0v) is 11.1. The Hall–Kier alpha value is -1.04. The number of imidazole rings is 1. The molecule has 96 valence electrons. The Kier molecular flexibility index (Phi) is 3.42. The molecule has 0 spiro atoms. The minimum atomic E-state index is -2.78. The second-order valence-electron chi connectivity index (χ2n) is 4.90. The van der Waals surface area contributed by atoms with E-state index in [1.54, 1.807) is 6.20 Å². The fourth-order valence-electron chi connectivity index (χ4n) is 2.14. The molecule has 1 aliphatic rings. The van der Waals surface area contributed by atoms with Gasteiger partial charge in [0.25, 0.3) is 0 Å². The summed E-state index contributed by atoms with van der Waals surface area (Å²) in [5, 5.41) is 3.24. The molecule has 5 nitrogen and oxygen atoms in total. The van der Waals surface area contributed by atoms with Crippen LogP contribution in [0.25, 0.3) is 0 Å². The van der Waals surface area contributed by atoms with Gasteiger partial charge in [-0.3, -0.25) is 0 Å². The minimum absolute atomic E-state index is 0.220. The molecule has 1 aliphatic heterocycles. The molecule has 1 atom stereocenters. The van der Waals surface area contributed by atoms with Gasteiger partial charge in [0.15, 0.2) is 9.84 Å². The third-order valence-electron chi connectivity index (χ3n) is 3.10. The van der Waals surface area contributed by atoms with Crippen molar-refractivity contribution in [1.82, 2.24) is 9.55 Å². The summed E-state index contributed by atoms with van der Waals surface area (Å²) >= 11 is 0. The first kappa shape index (κ1) is 12.4. The van der Waals surface area contributed by atoms with Crippen molar-refractivity contribution in [3.05, 3.63) is 12.4 Å². The Bertz CT molecular complexity index is 479. The van der Waals surface area contributed by atoms with Crippen molar-refractivity contribution in [2.45, 2.75) is 26.3 Å². The summed E-state index contributed by atoms with van der Waals surface area (Å²) in [6.07, 6.45) is 4.45. The van der Waals surface area contributed by atoms with E-state index in [1.807, 2.05) is 10.8 Å². The van der Waals surface area contributed by atoms with Crippen LogP contribution in [0.15, 0.2) is 12.4 Å². The van der Waals surface area contributed by atoms with Crippen LogP contribution in [-0.2, 0) is 9.84 Å². The van der Waals surface area contributed by atoms with E-state index in [4.69, 9.17) is 0 Å². The predicted octanol–water partition coefficient (Wildman–Crippen LogP) is 1.31. The second-order valence-corrected chi connectivity index (χ2v) is 7.13. The summed E-state index contributed by atoms with van der Waals surface area (Å²) in [6, 6.07) is 0.354. The third kappa shape index (κ3) is 3.00. The number of rotatable bonds is 4. The Morgan fingerprint density at radius 1 is 1.59 bits per heavy atom. The quantitative estimate of drug-likeness (QED) is 0.883. The number of hydrogen-bond acceptors (Lipinski definition) is 4. The summed E-state index contributed by atoms with van der Waals surface area (Å²) in [6.45, 7) is 4.86. The molecule has 0 aromatic carbocycles. The van der Waals surface area contributed by atoms with Crippen LogP contribution >= 0.6 is 0 Å². The van der Waals surface area contributed by atoms with Gasteiger partial charge in [0.2, 0.25) is 5.95 Å². The van der Waals surface area contributed by atoms with Gasteiger partial charge < -0.3 is 9.88 Å². The van der Waals surface area contributed by atoms with Crippen LogP contribution in [0.1, 0.15) is 26.3 Å². The number of nitrogens with zero attached hydrogens (tertiary/aromatic N) is 2. The number of nitrogens with one attached hydrogen (secondary N) is 1. The average Bonchev–Trinajstić information content (AvgIpc) is 2.81. The van der Waals surface area contributed by atoms with Crippen LogP contribution in [-0.4, -0.2) is 36.0 Å². The molecule has 0 radical (unpaired) electrons. The molecular weight excluding hydrogens is 238 g/mol. The molecular formula is C11H19N3O2S. The molecule has 1 saturated heterocycles. The predicted molar refractivity (Wildman–Crippen MR) is 67.9 cm³/mol. The van der Waals surface area contributed by atoms with Crippen LogP contribution in [0.4, 0.5) is 5.95 Å². The SMILES string of the molecule is CC(C)n1ccnc1NCC1CCS(=O)(=O)C1. The first-order valence-corrected chi connectivity index (χ1v) is 7.77. The molecule has 0 amide bonds. The van der Waals surface area contributed by atoms with Crippen molar-refractivity contribution >= 4 is 15.8 Å².